The lowest BCUT2D eigenvalue weighted by Gasteiger charge is -2.18. The highest BCUT2D eigenvalue weighted by molar-refractivity contribution is 5.46. The number of pyridine rings is 1. The normalized spacial score (nSPS) is 12.0. The van der Waals surface area contributed by atoms with Crippen molar-refractivity contribution >= 4 is 5.82 Å². The largest absolute Gasteiger partial charge is 0.359 e. The van der Waals surface area contributed by atoms with Crippen LogP contribution in [-0.4, -0.2) is 34.3 Å². The van der Waals surface area contributed by atoms with Crippen LogP contribution in [-0.2, 0) is 7.05 Å². The smallest absolute Gasteiger partial charge is 0.143 e. The van der Waals surface area contributed by atoms with Crippen LogP contribution < -0.4 is 5.32 Å². The third-order valence-corrected chi connectivity index (χ3v) is 3.79. The zero-order valence-corrected chi connectivity index (χ0v) is 13.6. The van der Waals surface area contributed by atoms with Crippen LogP contribution in [0.5, 0.6) is 0 Å². The summed E-state index contributed by atoms with van der Waals surface area (Å²) in [6.07, 6.45) is 14.2. The molecule has 0 spiro atoms. The molecular weight excluding hydrogens is 316 g/mol. The maximum atomic E-state index is 4.34. The molecule has 1 N–H and O–H groups in total. The van der Waals surface area contributed by atoms with Crippen LogP contribution in [0.1, 0.15) is 17.2 Å². The molecule has 1 unspecified atom stereocenters. The molecule has 0 saturated carbocycles. The average molecular weight is 332 g/mol. The molecule has 8 heteroatoms. The van der Waals surface area contributed by atoms with Gasteiger partial charge in [0.25, 0.3) is 0 Å². The predicted octanol–water partition coefficient (Wildman–Crippen LogP) is 1.99. The minimum Gasteiger partial charge on any atom is -0.359 e. The van der Waals surface area contributed by atoms with Gasteiger partial charge < -0.3 is 5.32 Å². The molecule has 4 aromatic rings. The van der Waals surface area contributed by atoms with E-state index in [1.807, 2.05) is 54.6 Å². The molecule has 0 aliphatic rings. The summed E-state index contributed by atoms with van der Waals surface area (Å²) in [5, 5.41) is 7.72. The number of hydrogen-bond acceptors (Lipinski definition) is 6. The molecule has 4 heterocycles. The zero-order chi connectivity index (χ0) is 17.1. The summed E-state index contributed by atoms with van der Waals surface area (Å²) >= 11 is 0. The second kappa shape index (κ2) is 6.52. The van der Waals surface area contributed by atoms with E-state index < -0.39 is 0 Å². The maximum Gasteiger partial charge on any atom is 0.143 e. The van der Waals surface area contributed by atoms with Crippen LogP contribution in [0.25, 0.3) is 5.82 Å². The van der Waals surface area contributed by atoms with Gasteiger partial charge in [-0.15, -0.1) is 0 Å². The molecule has 0 bridgehead atoms. The van der Waals surface area contributed by atoms with Gasteiger partial charge in [0.05, 0.1) is 12.2 Å². The van der Waals surface area contributed by atoms with Crippen LogP contribution >= 0.6 is 0 Å². The fourth-order valence-corrected chi connectivity index (χ4v) is 2.60. The highest BCUT2D eigenvalue weighted by Gasteiger charge is 2.17. The molecule has 8 nitrogen and oxygen atoms in total. The van der Waals surface area contributed by atoms with E-state index in [0.717, 1.165) is 16.9 Å². The van der Waals surface area contributed by atoms with Crippen molar-refractivity contribution in [2.24, 2.45) is 7.05 Å². The van der Waals surface area contributed by atoms with E-state index in [2.05, 4.69) is 30.4 Å². The first-order chi connectivity index (χ1) is 12.3. The van der Waals surface area contributed by atoms with Crippen molar-refractivity contribution in [1.29, 1.82) is 0 Å². The summed E-state index contributed by atoms with van der Waals surface area (Å²) < 4.78 is 3.60. The third-order valence-electron chi connectivity index (χ3n) is 3.79. The summed E-state index contributed by atoms with van der Waals surface area (Å²) in [6, 6.07) is 5.70. The van der Waals surface area contributed by atoms with Crippen molar-refractivity contribution in [3.63, 3.8) is 0 Å². The number of aromatic nitrogens is 7. The van der Waals surface area contributed by atoms with Gasteiger partial charge >= 0.3 is 0 Å². The van der Waals surface area contributed by atoms with Crippen molar-refractivity contribution in [3.8, 4) is 5.82 Å². The number of anilines is 1. The lowest BCUT2D eigenvalue weighted by molar-refractivity contribution is 0.766. The first-order valence-corrected chi connectivity index (χ1v) is 7.75. The first-order valence-electron chi connectivity index (χ1n) is 7.75. The lowest BCUT2D eigenvalue weighted by Crippen LogP contribution is -2.13. The van der Waals surface area contributed by atoms with Crippen LogP contribution in [0.3, 0.4) is 0 Å². The Morgan fingerprint density at radius 3 is 2.76 bits per heavy atom. The molecule has 0 aliphatic heterocycles. The number of aryl methyl sites for hydroxylation is 1. The van der Waals surface area contributed by atoms with E-state index in [-0.39, 0.29) is 6.04 Å². The number of hydrogen-bond donors (Lipinski definition) is 1. The monoisotopic (exact) mass is 332 g/mol. The fraction of sp³-hybridized carbons (Fsp3) is 0.118. The van der Waals surface area contributed by atoms with Crippen molar-refractivity contribution in [2.75, 3.05) is 5.32 Å². The molecule has 0 amide bonds. The zero-order valence-electron chi connectivity index (χ0n) is 13.6. The molecule has 0 aliphatic carbocycles. The summed E-state index contributed by atoms with van der Waals surface area (Å²) in [6.45, 7) is 0. The van der Waals surface area contributed by atoms with Gasteiger partial charge in [-0.2, -0.15) is 5.10 Å². The number of rotatable bonds is 5. The Balaban J connectivity index is 1.68. The predicted molar refractivity (Wildman–Crippen MR) is 92.1 cm³/mol. The Hall–Kier alpha value is -3.55. The van der Waals surface area contributed by atoms with Crippen molar-refractivity contribution in [3.05, 3.63) is 79.2 Å². The van der Waals surface area contributed by atoms with Gasteiger partial charge in [0.15, 0.2) is 0 Å². The van der Waals surface area contributed by atoms with E-state index in [1.54, 1.807) is 23.4 Å². The maximum absolute atomic E-state index is 4.34. The molecule has 4 aromatic heterocycles. The Kier molecular flexibility index (Phi) is 3.91. The molecule has 0 radical (unpaired) electrons. The molecule has 0 fully saturated rings. The number of imidazole rings is 1. The fourth-order valence-electron chi connectivity index (χ4n) is 2.60. The van der Waals surface area contributed by atoms with Crippen molar-refractivity contribution in [1.82, 2.24) is 34.3 Å². The Morgan fingerprint density at radius 2 is 2.04 bits per heavy atom. The molecule has 124 valence electrons. The van der Waals surface area contributed by atoms with Crippen molar-refractivity contribution < 1.29 is 0 Å². The van der Waals surface area contributed by atoms with Gasteiger partial charge in [-0.3, -0.25) is 14.2 Å². The average Bonchev–Trinajstić information content (AvgIpc) is 3.33. The molecule has 0 aromatic carbocycles. The topological polar surface area (TPSA) is 86.3 Å². The van der Waals surface area contributed by atoms with Crippen LogP contribution in [0.15, 0.2) is 68.0 Å². The Morgan fingerprint density at radius 1 is 1.08 bits per heavy atom. The van der Waals surface area contributed by atoms with Gasteiger partial charge in [0.1, 0.15) is 24.3 Å². The molecular formula is C17H16N8. The minimum atomic E-state index is -0.118. The van der Waals surface area contributed by atoms with Gasteiger partial charge in [-0.1, -0.05) is 6.07 Å². The molecule has 0 saturated heterocycles. The van der Waals surface area contributed by atoms with E-state index in [0.29, 0.717) is 5.82 Å². The lowest BCUT2D eigenvalue weighted by atomic mass is 10.0. The van der Waals surface area contributed by atoms with Gasteiger partial charge in [-0.25, -0.2) is 15.0 Å². The summed E-state index contributed by atoms with van der Waals surface area (Å²) in [5.74, 6) is 1.45. The Bertz CT molecular complexity index is 946. The van der Waals surface area contributed by atoms with Gasteiger partial charge in [0.2, 0.25) is 0 Å². The van der Waals surface area contributed by atoms with E-state index in [1.165, 1.54) is 6.33 Å². The second-order valence-corrected chi connectivity index (χ2v) is 5.54. The molecule has 25 heavy (non-hydrogen) atoms. The summed E-state index contributed by atoms with van der Waals surface area (Å²) in [4.78, 5) is 16.9. The summed E-state index contributed by atoms with van der Waals surface area (Å²) in [7, 11) is 1.89. The quantitative estimate of drug-likeness (QED) is 0.601. The minimum absolute atomic E-state index is 0.118. The Labute approximate surface area is 144 Å². The standard InChI is InChI=1S/C17H16N8/c1-24-10-14(9-22-24)17(13-3-2-4-18-8-13)23-15-7-16(21-11-20-15)25-6-5-19-12-25/h2-12,17H,1H3,(H,20,21,23). The van der Waals surface area contributed by atoms with E-state index >= 15 is 0 Å². The second-order valence-electron chi connectivity index (χ2n) is 5.54. The highest BCUT2D eigenvalue weighted by atomic mass is 15.2. The molecule has 1 atom stereocenters. The highest BCUT2D eigenvalue weighted by Crippen LogP contribution is 2.25. The van der Waals surface area contributed by atoms with E-state index in [4.69, 9.17) is 0 Å². The molecule has 4 rings (SSSR count). The number of nitrogens with one attached hydrogen (secondary N) is 1. The van der Waals surface area contributed by atoms with E-state index in [9.17, 15) is 0 Å². The number of nitrogens with zero attached hydrogens (tertiary/aromatic N) is 7. The van der Waals surface area contributed by atoms with Crippen LogP contribution in [0.4, 0.5) is 5.82 Å². The van der Waals surface area contributed by atoms with Crippen LogP contribution in [0.2, 0.25) is 0 Å². The summed E-state index contributed by atoms with van der Waals surface area (Å²) in [5.41, 5.74) is 2.05. The SMILES string of the molecule is Cn1cc(C(Nc2cc(-n3ccnc3)ncn2)c2cccnc2)cn1. The third kappa shape index (κ3) is 3.23. The van der Waals surface area contributed by atoms with Gasteiger partial charge in [-0.05, 0) is 11.6 Å². The first kappa shape index (κ1) is 15.0. The van der Waals surface area contributed by atoms with Gasteiger partial charge in [0, 0.05) is 49.7 Å². The van der Waals surface area contributed by atoms with Crippen molar-refractivity contribution in [2.45, 2.75) is 6.04 Å². The van der Waals surface area contributed by atoms with Crippen LogP contribution in [0, 0.1) is 0 Å².